The van der Waals surface area contributed by atoms with E-state index in [1.54, 1.807) is 13.8 Å². The number of ether oxygens (including phenoxy) is 2. The van der Waals surface area contributed by atoms with E-state index in [2.05, 4.69) is 0 Å². The van der Waals surface area contributed by atoms with Crippen LogP contribution in [0.1, 0.15) is 27.2 Å². The molecule has 0 heterocycles. The molecule has 1 aliphatic rings. The third-order valence-electron chi connectivity index (χ3n) is 2.88. The molecule has 4 N–H and O–H groups in total. The van der Waals surface area contributed by atoms with Crippen molar-refractivity contribution in [2.75, 3.05) is 13.2 Å². The van der Waals surface area contributed by atoms with Gasteiger partial charge >= 0.3 is 0 Å². The van der Waals surface area contributed by atoms with Gasteiger partial charge in [0.15, 0.2) is 5.79 Å². The van der Waals surface area contributed by atoms with Crippen LogP contribution in [0.15, 0.2) is 0 Å². The maximum atomic E-state index is 9.62. The molecule has 16 heavy (non-hydrogen) atoms. The van der Waals surface area contributed by atoms with Crippen LogP contribution >= 0.6 is 0 Å². The normalized spacial score (nSPS) is 35.6. The minimum absolute atomic E-state index is 0.00509. The summed E-state index contributed by atoms with van der Waals surface area (Å²) < 4.78 is 11.0. The summed E-state index contributed by atoms with van der Waals surface area (Å²) in [7, 11) is 0. The van der Waals surface area contributed by atoms with E-state index in [1.807, 2.05) is 6.92 Å². The summed E-state index contributed by atoms with van der Waals surface area (Å²) in [5.74, 6) is -1.06. The van der Waals surface area contributed by atoms with E-state index < -0.39 is 5.79 Å². The number of aliphatic hydroxyl groups is 2. The van der Waals surface area contributed by atoms with E-state index in [1.165, 1.54) is 0 Å². The molecule has 0 radical (unpaired) electrons. The van der Waals surface area contributed by atoms with Crippen molar-refractivity contribution in [2.45, 2.75) is 51.2 Å². The van der Waals surface area contributed by atoms with Crippen molar-refractivity contribution in [3.05, 3.63) is 0 Å². The molecule has 0 aromatic carbocycles. The Morgan fingerprint density at radius 3 is 2.56 bits per heavy atom. The maximum Gasteiger partial charge on any atom is 0.160 e. The van der Waals surface area contributed by atoms with E-state index >= 15 is 0 Å². The molecule has 1 aliphatic carbocycles. The summed E-state index contributed by atoms with van der Waals surface area (Å²) in [6.45, 7) is 5.50. The minimum atomic E-state index is -1.18. The van der Waals surface area contributed by atoms with E-state index in [0.29, 0.717) is 13.0 Å². The number of nitrogens with two attached hydrogens (primary N) is 1. The molecule has 0 saturated heterocycles. The van der Waals surface area contributed by atoms with Crippen molar-refractivity contribution >= 4 is 0 Å². The molecule has 1 fully saturated rings. The maximum absolute atomic E-state index is 9.62. The average Bonchev–Trinajstić information content (AvgIpc) is 2.40. The first-order chi connectivity index (χ1) is 7.35. The summed E-state index contributed by atoms with van der Waals surface area (Å²) in [4.78, 5) is 0. The van der Waals surface area contributed by atoms with Gasteiger partial charge in [-0.15, -0.1) is 0 Å². The zero-order valence-corrected chi connectivity index (χ0v) is 10.2. The quantitative estimate of drug-likeness (QED) is 0.575. The second-order valence-electron chi connectivity index (χ2n) is 4.92. The van der Waals surface area contributed by atoms with Gasteiger partial charge in [-0.3, -0.25) is 0 Å². The van der Waals surface area contributed by atoms with E-state index in [4.69, 9.17) is 20.3 Å². The zero-order valence-electron chi connectivity index (χ0n) is 10.2. The van der Waals surface area contributed by atoms with Gasteiger partial charge in [0.1, 0.15) is 0 Å². The lowest BCUT2D eigenvalue weighted by molar-refractivity contribution is -0.217. The Bertz CT molecular complexity index is 217. The standard InChI is InChI=1S/C11H23NO4/c1-7-9(15-5-4-13)6-8(12)10(7)16-11(2,3)14/h7-10,13-14H,4-6,12H2,1-3H3/t7?,8-,9+,10?/m1/s1. The molecule has 0 aromatic heterocycles. The zero-order chi connectivity index (χ0) is 12.3. The van der Waals surface area contributed by atoms with Crippen LogP contribution < -0.4 is 5.73 Å². The average molecular weight is 233 g/mol. The smallest absolute Gasteiger partial charge is 0.160 e. The van der Waals surface area contributed by atoms with E-state index in [0.717, 1.165) is 0 Å². The fourth-order valence-electron chi connectivity index (χ4n) is 2.17. The Balaban J connectivity index is 2.53. The summed E-state index contributed by atoms with van der Waals surface area (Å²) in [6, 6.07) is -0.134. The molecular formula is C11H23NO4. The highest BCUT2D eigenvalue weighted by Gasteiger charge is 2.42. The molecule has 0 amide bonds. The van der Waals surface area contributed by atoms with Crippen LogP contribution in [0.25, 0.3) is 0 Å². The number of hydrogen-bond acceptors (Lipinski definition) is 5. The first kappa shape index (κ1) is 13.9. The molecule has 5 heteroatoms. The number of aliphatic hydroxyl groups excluding tert-OH is 1. The monoisotopic (exact) mass is 233 g/mol. The highest BCUT2D eigenvalue weighted by Crippen LogP contribution is 2.32. The van der Waals surface area contributed by atoms with Crippen LogP contribution in [0, 0.1) is 5.92 Å². The third kappa shape index (κ3) is 3.68. The Labute approximate surface area is 96.5 Å². The second-order valence-corrected chi connectivity index (χ2v) is 4.92. The van der Waals surface area contributed by atoms with Crippen LogP contribution in [0.4, 0.5) is 0 Å². The Kier molecular flexibility index (Phi) is 4.70. The van der Waals surface area contributed by atoms with Crippen LogP contribution in [0.2, 0.25) is 0 Å². The minimum Gasteiger partial charge on any atom is -0.394 e. The van der Waals surface area contributed by atoms with E-state index in [9.17, 15) is 5.11 Å². The third-order valence-corrected chi connectivity index (χ3v) is 2.88. The van der Waals surface area contributed by atoms with Crippen molar-refractivity contribution in [3.8, 4) is 0 Å². The number of rotatable bonds is 5. The van der Waals surface area contributed by atoms with Gasteiger partial charge in [-0.1, -0.05) is 6.92 Å². The van der Waals surface area contributed by atoms with Crippen LogP contribution in [-0.4, -0.2) is 47.5 Å². The van der Waals surface area contributed by atoms with Gasteiger partial charge in [-0.05, 0) is 20.3 Å². The van der Waals surface area contributed by atoms with E-state index in [-0.39, 0.29) is 30.8 Å². The largest absolute Gasteiger partial charge is 0.394 e. The molecule has 0 aliphatic heterocycles. The van der Waals surface area contributed by atoms with Crippen molar-refractivity contribution < 1.29 is 19.7 Å². The molecule has 0 spiro atoms. The van der Waals surface area contributed by atoms with Crippen LogP contribution in [-0.2, 0) is 9.47 Å². The topological polar surface area (TPSA) is 84.9 Å². The van der Waals surface area contributed by atoms with Crippen molar-refractivity contribution in [3.63, 3.8) is 0 Å². The number of hydrogen-bond donors (Lipinski definition) is 3. The summed E-state index contributed by atoms with van der Waals surface area (Å²) >= 11 is 0. The molecule has 1 rings (SSSR count). The molecular weight excluding hydrogens is 210 g/mol. The summed E-state index contributed by atoms with van der Waals surface area (Å²) in [5, 5.41) is 18.3. The van der Waals surface area contributed by atoms with Gasteiger partial charge in [0, 0.05) is 12.0 Å². The Morgan fingerprint density at radius 2 is 2.06 bits per heavy atom. The molecule has 4 atom stereocenters. The second kappa shape index (κ2) is 5.42. The van der Waals surface area contributed by atoms with Crippen LogP contribution in [0.3, 0.4) is 0 Å². The fraction of sp³-hybridized carbons (Fsp3) is 1.00. The molecule has 96 valence electrons. The molecule has 1 saturated carbocycles. The van der Waals surface area contributed by atoms with Crippen molar-refractivity contribution in [2.24, 2.45) is 11.7 Å². The van der Waals surface area contributed by atoms with Crippen LogP contribution in [0.5, 0.6) is 0 Å². The predicted molar refractivity (Wildman–Crippen MR) is 59.8 cm³/mol. The first-order valence-electron chi connectivity index (χ1n) is 5.73. The molecule has 2 unspecified atom stereocenters. The van der Waals surface area contributed by atoms with Crippen molar-refractivity contribution in [1.29, 1.82) is 0 Å². The highest BCUT2D eigenvalue weighted by molar-refractivity contribution is 4.94. The molecule has 5 nitrogen and oxygen atoms in total. The predicted octanol–water partition coefficient (Wildman–Crippen LogP) is -0.155. The van der Waals surface area contributed by atoms with Gasteiger partial charge in [0.2, 0.25) is 0 Å². The van der Waals surface area contributed by atoms with Crippen molar-refractivity contribution in [1.82, 2.24) is 0 Å². The Hall–Kier alpha value is -0.200. The van der Waals surface area contributed by atoms with Gasteiger partial charge in [0.25, 0.3) is 0 Å². The first-order valence-corrected chi connectivity index (χ1v) is 5.73. The van der Waals surface area contributed by atoms with Gasteiger partial charge in [-0.25, -0.2) is 0 Å². The lowest BCUT2D eigenvalue weighted by Gasteiger charge is -2.29. The SMILES string of the molecule is CC1C(OC(C)(C)O)[C@H](N)C[C@@H]1OCCO. The summed E-state index contributed by atoms with van der Waals surface area (Å²) in [6.07, 6.45) is 0.486. The summed E-state index contributed by atoms with van der Waals surface area (Å²) in [5.41, 5.74) is 5.96. The lowest BCUT2D eigenvalue weighted by Crippen LogP contribution is -2.41. The van der Waals surface area contributed by atoms with Gasteiger partial charge in [0.05, 0.1) is 25.4 Å². The Morgan fingerprint density at radius 1 is 1.44 bits per heavy atom. The van der Waals surface area contributed by atoms with Gasteiger partial charge in [-0.2, -0.15) is 0 Å². The molecule has 0 aromatic rings. The van der Waals surface area contributed by atoms with Gasteiger partial charge < -0.3 is 25.4 Å². The highest BCUT2D eigenvalue weighted by atomic mass is 16.6. The molecule has 0 bridgehead atoms. The fourth-order valence-corrected chi connectivity index (χ4v) is 2.17. The lowest BCUT2D eigenvalue weighted by atomic mass is 10.1.